The Morgan fingerprint density at radius 2 is 1.91 bits per heavy atom. The first kappa shape index (κ1) is 23.0. The zero-order chi connectivity index (χ0) is 23.6. The molecule has 4 rings (SSSR count). The van der Waals surface area contributed by atoms with Crippen LogP contribution in [0.15, 0.2) is 30.3 Å². The van der Waals surface area contributed by atoms with Gasteiger partial charge >= 0.3 is 0 Å². The van der Waals surface area contributed by atoms with E-state index < -0.39 is 5.60 Å². The molecule has 0 spiro atoms. The van der Waals surface area contributed by atoms with Crippen LogP contribution < -0.4 is 10.1 Å². The summed E-state index contributed by atoms with van der Waals surface area (Å²) in [4.78, 5) is 9.40. The predicted octanol–water partition coefficient (Wildman–Crippen LogP) is 4.95. The van der Waals surface area contributed by atoms with Gasteiger partial charge in [-0.15, -0.1) is 0 Å². The summed E-state index contributed by atoms with van der Waals surface area (Å²) in [6, 6.07) is 12.1. The highest BCUT2D eigenvalue weighted by Crippen LogP contribution is 2.43. The van der Waals surface area contributed by atoms with Crippen LogP contribution in [0.2, 0.25) is 0 Å². The summed E-state index contributed by atoms with van der Waals surface area (Å²) in [5.41, 5.74) is 4.01. The van der Waals surface area contributed by atoms with Crippen molar-refractivity contribution in [3.05, 3.63) is 58.4 Å². The molecular weight excluding hydrogens is 416 g/mol. The maximum Gasteiger partial charge on any atom is 0.138 e. The second kappa shape index (κ2) is 9.34. The first-order chi connectivity index (χ1) is 15.9. The fraction of sp³-hybridized carbons (Fsp3) is 0.423. The quantitative estimate of drug-likeness (QED) is 0.573. The SMILES string of the molecule is COc1cc2nc(C)nc(N[C@H](C)c3cccc(C#N)c3C)c2cc1C1(OC)CCOCC1. The number of ether oxygens (including phenoxy) is 3. The molecule has 7 heteroatoms. The van der Waals surface area contributed by atoms with Crippen LogP contribution in [0, 0.1) is 25.2 Å². The fourth-order valence-electron chi connectivity index (χ4n) is 4.72. The summed E-state index contributed by atoms with van der Waals surface area (Å²) < 4.78 is 17.4. The van der Waals surface area contributed by atoms with Gasteiger partial charge in [0.1, 0.15) is 23.0 Å². The Morgan fingerprint density at radius 3 is 2.58 bits per heavy atom. The number of rotatable bonds is 6. The van der Waals surface area contributed by atoms with Gasteiger partial charge in [-0.05, 0) is 44.0 Å². The van der Waals surface area contributed by atoms with Crippen LogP contribution in [0.1, 0.15) is 53.9 Å². The minimum atomic E-state index is -0.483. The van der Waals surface area contributed by atoms with Gasteiger partial charge in [0, 0.05) is 50.2 Å². The molecule has 0 unspecified atom stereocenters. The molecule has 7 nitrogen and oxygen atoms in total. The van der Waals surface area contributed by atoms with E-state index >= 15 is 0 Å². The Labute approximate surface area is 194 Å². The zero-order valence-corrected chi connectivity index (χ0v) is 19.9. The molecule has 0 radical (unpaired) electrons. The Kier molecular flexibility index (Phi) is 6.50. The second-order valence-corrected chi connectivity index (χ2v) is 8.50. The van der Waals surface area contributed by atoms with Crippen molar-refractivity contribution in [1.29, 1.82) is 5.26 Å². The highest BCUT2D eigenvalue weighted by atomic mass is 16.5. The lowest BCUT2D eigenvalue weighted by Crippen LogP contribution is -2.36. The van der Waals surface area contributed by atoms with E-state index in [9.17, 15) is 5.26 Å². The number of methoxy groups -OCH3 is 2. The molecule has 2 heterocycles. The summed E-state index contributed by atoms with van der Waals surface area (Å²) in [7, 11) is 3.42. The normalized spacial score (nSPS) is 16.2. The van der Waals surface area contributed by atoms with Crippen molar-refractivity contribution in [3.63, 3.8) is 0 Å². The topological polar surface area (TPSA) is 89.3 Å². The van der Waals surface area contributed by atoms with Crippen molar-refractivity contribution < 1.29 is 14.2 Å². The first-order valence-corrected chi connectivity index (χ1v) is 11.2. The third kappa shape index (κ3) is 4.24. The number of nitriles is 1. The van der Waals surface area contributed by atoms with Gasteiger partial charge in [0.25, 0.3) is 0 Å². The van der Waals surface area contributed by atoms with Crippen molar-refractivity contribution in [2.75, 3.05) is 32.8 Å². The standard InChI is InChI=1S/C26H30N4O3/c1-16-19(15-27)7-6-8-20(16)17(2)28-25-21-13-22(26(32-5)9-11-33-12-10-26)24(31-4)14-23(21)29-18(3)30-25/h6-8,13-14,17H,9-12H2,1-5H3,(H,28,29,30)/t17-/m1/s1. The average Bonchev–Trinajstić information content (AvgIpc) is 2.83. The van der Waals surface area contributed by atoms with Crippen LogP contribution >= 0.6 is 0 Å². The molecule has 3 aromatic rings. The molecule has 0 amide bonds. The van der Waals surface area contributed by atoms with E-state index in [0.29, 0.717) is 24.6 Å². The number of benzene rings is 2. The van der Waals surface area contributed by atoms with Crippen LogP contribution in [0.5, 0.6) is 5.75 Å². The number of aromatic nitrogens is 2. The molecule has 33 heavy (non-hydrogen) atoms. The monoisotopic (exact) mass is 446 g/mol. The van der Waals surface area contributed by atoms with Crippen molar-refractivity contribution >= 4 is 16.7 Å². The van der Waals surface area contributed by atoms with Gasteiger partial charge in [0.05, 0.1) is 30.3 Å². The molecule has 1 aliphatic rings. The number of nitrogens with one attached hydrogen (secondary N) is 1. The summed E-state index contributed by atoms with van der Waals surface area (Å²) >= 11 is 0. The number of nitrogens with zero attached hydrogens (tertiary/aromatic N) is 3. The van der Waals surface area contributed by atoms with Gasteiger partial charge < -0.3 is 19.5 Å². The maximum atomic E-state index is 9.42. The summed E-state index contributed by atoms with van der Waals surface area (Å²) in [6.07, 6.45) is 1.49. The van der Waals surface area contributed by atoms with Gasteiger partial charge in [0.2, 0.25) is 0 Å². The molecule has 1 aromatic heterocycles. The highest BCUT2D eigenvalue weighted by molar-refractivity contribution is 5.91. The molecule has 1 atom stereocenters. The third-order valence-electron chi connectivity index (χ3n) is 6.63. The minimum absolute atomic E-state index is 0.0548. The van der Waals surface area contributed by atoms with E-state index in [1.165, 1.54) is 0 Å². The van der Waals surface area contributed by atoms with Gasteiger partial charge in [-0.2, -0.15) is 5.26 Å². The molecule has 0 aliphatic carbocycles. The molecule has 172 valence electrons. The minimum Gasteiger partial charge on any atom is -0.496 e. The largest absolute Gasteiger partial charge is 0.496 e. The summed E-state index contributed by atoms with van der Waals surface area (Å²) in [5, 5.41) is 13.9. The lowest BCUT2D eigenvalue weighted by Gasteiger charge is -2.37. The summed E-state index contributed by atoms with van der Waals surface area (Å²) in [6.45, 7) is 7.21. The van der Waals surface area contributed by atoms with E-state index in [2.05, 4.69) is 29.4 Å². The zero-order valence-electron chi connectivity index (χ0n) is 19.9. The molecule has 0 saturated carbocycles. The highest BCUT2D eigenvalue weighted by Gasteiger charge is 2.37. The number of aryl methyl sites for hydroxylation is 1. The van der Waals surface area contributed by atoms with Crippen LogP contribution in [-0.4, -0.2) is 37.4 Å². The van der Waals surface area contributed by atoms with Gasteiger partial charge in [0.15, 0.2) is 0 Å². The Bertz CT molecular complexity index is 1210. The predicted molar refractivity (Wildman–Crippen MR) is 127 cm³/mol. The maximum absolute atomic E-state index is 9.42. The molecule has 1 saturated heterocycles. The molecule has 1 aliphatic heterocycles. The fourth-order valence-corrected chi connectivity index (χ4v) is 4.72. The van der Waals surface area contributed by atoms with Crippen molar-refractivity contribution in [1.82, 2.24) is 9.97 Å². The smallest absolute Gasteiger partial charge is 0.138 e. The van der Waals surface area contributed by atoms with E-state index in [0.717, 1.165) is 52.0 Å². The molecule has 0 bridgehead atoms. The second-order valence-electron chi connectivity index (χ2n) is 8.50. The Balaban J connectivity index is 1.83. The first-order valence-electron chi connectivity index (χ1n) is 11.2. The number of hydrogen-bond donors (Lipinski definition) is 1. The lowest BCUT2D eigenvalue weighted by molar-refractivity contribution is -0.0956. The van der Waals surface area contributed by atoms with Gasteiger partial charge in [-0.25, -0.2) is 9.97 Å². The van der Waals surface area contributed by atoms with E-state index in [1.807, 2.05) is 38.1 Å². The van der Waals surface area contributed by atoms with E-state index in [-0.39, 0.29) is 6.04 Å². The van der Waals surface area contributed by atoms with Gasteiger partial charge in [-0.1, -0.05) is 12.1 Å². The van der Waals surface area contributed by atoms with E-state index in [1.54, 1.807) is 14.2 Å². The molecular formula is C26H30N4O3. The van der Waals surface area contributed by atoms with Crippen molar-refractivity contribution in [2.24, 2.45) is 0 Å². The van der Waals surface area contributed by atoms with Crippen molar-refractivity contribution in [3.8, 4) is 11.8 Å². The third-order valence-corrected chi connectivity index (χ3v) is 6.63. The number of hydrogen-bond acceptors (Lipinski definition) is 7. The van der Waals surface area contributed by atoms with Gasteiger partial charge in [-0.3, -0.25) is 0 Å². The van der Waals surface area contributed by atoms with E-state index in [4.69, 9.17) is 19.2 Å². The van der Waals surface area contributed by atoms with Crippen molar-refractivity contribution in [2.45, 2.75) is 45.3 Å². The number of fused-ring (bicyclic) bond motifs is 1. The summed E-state index contributed by atoms with van der Waals surface area (Å²) in [5.74, 6) is 2.16. The van der Waals surface area contributed by atoms with Crippen LogP contribution in [0.3, 0.4) is 0 Å². The average molecular weight is 447 g/mol. The Hall–Kier alpha value is -3.21. The lowest BCUT2D eigenvalue weighted by atomic mass is 9.84. The Morgan fingerprint density at radius 1 is 1.15 bits per heavy atom. The molecule has 2 aromatic carbocycles. The van der Waals surface area contributed by atoms with Crippen LogP contribution in [0.25, 0.3) is 10.9 Å². The van der Waals surface area contributed by atoms with Crippen LogP contribution in [-0.2, 0) is 15.1 Å². The molecule has 1 fully saturated rings. The number of anilines is 1. The van der Waals surface area contributed by atoms with Crippen LogP contribution in [0.4, 0.5) is 5.82 Å². The molecule has 1 N–H and O–H groups in total.